The van der Waals surface area contributed by atoms with E-state index in [1.54, 1.807) is 49.6 Å². The lowest BCUT2D eigenvalue weighted by Gasteiger charge is -2.24. The first kappa shape index (κ1) is 25.1. The van der Waals surface area contributed by atoms with Gasteiger partial charge in [0, 0.05) is 6.07 Å². The third kappa shape index (κ3) is 6.51. The quantitative estimate of drug-likeness (QED) is 0.414. The van der Waals surface area contributed by atoms with Crippen molar-refractivity contribution >= 4 is 21.6 Å². The number of sulfonamides is 1. The SMILES string of the molecule is COc1cccc(OCCNC(=O)CN(c2ccc(C(C)C)cc2)S(=O)(=O)c2ccccc2)c1. The van der Waals surface area contributed by atoms with E-state index in [0.29, 0.717) is 23.1 Å². The minimum Gasteiger partial charge on any atom is -0.497 e. The normalized spacial score (nSPS) is 11.2. The van der Waals surface area contributed by atoms with E-state index in [1.165, 1.54) is 12.1 Å². The molecule has 0 aliphatic heterocycles. The van der Waals surface area contributed by atoms with Gasteiger partial charge in [0.15, 0.2) is 0 Å². The number of carbonyl (C=O) groups is 1. The van der Waals surface area contributed by atoms with Gasteiger partial charge in [0.25, 0.3) is 10.0 Å². The van der Waals surface area contributed by atoms with Crippen LogP contribution in [0.5, 0.6) is 11.5 Å². The van der Waals surface area contributed by atoms with Crippen molar-refractivity contribution in [3.8, 4) is 11.5 Å². The van der Waals surface area contributed by atoms with E-state index in [9.17, 15) is 13.2 Å². The number of methoxy groups -OCH3 is 1. The van der Waals surface area contributed by atoms with Gasteiger partial charge in [0.2, 0.25) is 5.91 Å². The molecule has 0 aliphatic rings. The number of anilines is 1. The number of amides is 1. The first-order valence-electron chi connectivity index (χ1n) is 11.0. The van der Waals surface area contributed by atoms with Gasteiger partial charge in [-0.1, -0.05) is 50.2 Å². The Morgan fingerprint density at radius 3 is 2.26 bits per heavy atom. The van der Waals surface area contributed by atoms with Crippen molar-refractivity contribution < 1.29 is 22.7 Å². The van der Waals surface area contributed by atoms with Crippen LogP contribution < -0.4 is 19.1 Å². The lowest BCUT2D eigenvalue weighted by Crippen LogP contribution is -2.41. The van der Waals surface area contributed by atoms with E-state index in [0.717, 1.165) is 9.87 Å². The number of hydrogen-bond donors (Lipinski definition) is 1. The van der Waals surface area contributed by atoms with Crippen molar-refractivity contribution in [1.82, 2.24) is 5.32 Å². The molecule has 3 aromatic carbocycles. The summed E-state index contributed by atoms with van der Waals surface area (Å²) < 4.78 is 38.7. The smallest absolute Gasteiger partial charge is 0.264 e. The molecule has 180 valence electrons. The van der Waals surface area contributed by atoms with E-state index in [4.69, 9.17) is 9.47 Å². The molecular formula is C26H30N2O5S. The topological polar surface area (TPSA) is 84.9 Å². The molecule has 0 aromatic heterocycles. The van der Waals surface area contributed by atoms with Gasteiger partial charge in [-0.05, 0) is 47.9 Å². The van der Waals surface area contributed by atoms with E-state index in [2.05, 4.69) is 19.2 Å². The maximum absolute atomic E-state index is 13.4. The average Bonchev–Trinajstić information content (AvgIpc) is 2.86. The molecule has 0 bridgehead atoms. The molecule has 0 atom stereocenters. The zero-order valence-corrected chi connectivity index (χ0v) is 20.4. The van der Waals surface area contributed by atoms with E-state index < -0.39 is 15.9 Å². The van der Waals surface area contributed by atoms with Crippen LogP contribution in [0.15, 0.2) is 83.8 Å². The third-order valence-corrected chi connectivity index (χ3v) is 6.99. The predicted molar refractivity (Wildman–Crippen MR) is 133 cm³/mol. The van der Waals surface area contributed by atoms with Crippen molar-refractivity contribution in [3.05, 3.63) is 84.4 Å². The Morgan fingerprint density at radius 1 is 0.941 bits per heavy atom. The lowest BCUT2D eigenvalue weighted by molar-refractivity contribution is -0.119. The molecule has 0 aliphatic carbocycles. The summed E-state index contributed by atoms with van der Waals surface area (Å²) in [6, 6.07) is 22.5. The maximum Gasteiger partial charge on any atom is 0.264 e. The number of hydrogen-bond acceptors (Lipinski definition) is 5. The highest BCUT2D eigenvalue weighted by Crippen LogP contribution is 2.25. The van der Waals surface area contributed by atoms with Gasteiger partial charge >= 0.3 is 0 Å². The fourth-order valence-electron chi connectivity index (χ4n) is 3.30. The van der Waals surface area contributed by atoms with Crippen LogP contribution in [-0.4, -0.2) is 41.1 Å². The fraction of sp³-hybridized carbons (Fsp3) is 0.269. The van der Waals surface area contributed by atoms with Crippen LogP contribution in [0.3, 0.4) is 0 Å². The molecule has 0 fully saturated rings. The highest BCUT2D eigenvalue weighted by Gasteiger charge is 2.27. The van der Waals surface area contributed by atoms with Crippen molar-refractivity contribution in [2.24, 2.45) is 0 Å². The maximum atomic E-state index is 13.4. The Morgan fingerprint density at radius 2 is 1.62 bits per heavy atom. The summed E-state index contributed by atoms with van der Waals surface area (Å²) in [6.45, 7) is 4.23. The second kappa shape index (κ2) is 11.6. The largest absolute Gasteiger partial charge is 0.497 e. The van der Waals surface area contributed by atoms with Crippen molar-refractivity contribution in [1.29, 1.82) is 0 Å². The van der Waals surface area contributed by atoms with E-state index >= 15 is 0 Å². The van der Waals surface area contributed by atoms with E-state index in [-0.39, 0.29) is 24.6 Å². The van der Waals surface area contributed by atoms with Crippen LogP contribution in [0.25, 0.3) is 0 Å². The lowest BCUT2D eigenvalue weighted by atomic mass is 10.0. The minimum absolute atomic E-state index is 0.122. The van der Waals surface area contributed by atoms with Crippen LogP contribution in [0, 0.1) is 0 Å². The molecule has 0 saturated carbocycles. The van der Waals surface area contributed by atoms with E-state index in [1.807, 2.05) is 24.3 Å². The predicted octanol–water partition coefficient (Wildman–Crippen LogP) is 4.21. The molecule has 8 heteroatoms. The van der Waals surface area contributed by atoms with Gasteiger partial charge in [-0.25, -0.2) is 8.42 Å². The van der Waals surface area contributed by atoms with Crippen LogP contribution >= 0.6 is 0 Å². The summed E-state index contributed by atoms with van der Waals surface area (Å²) in [7, 11) is -2.36. The molecule has 34 heavy (non-hydrogen) atoms. The molecule has 0 unspecified atom stereocenters. The summed E-state index contributed by atoms with van der Waals surface area (Å²) in [6.07, 6.45) is 0. The molecule has 7 nitrogen and oxygen atoms in total. The number of nitrogens with one attached hydrogen (secondary N) is 1. The Kier molecular flexibility index (Phi) is 8.54. The Labute approximate surface area is 201 Å². The summed E-state index contributed by atoms with van der Waals surface area (Å²) in [5, 5.41) is 2.73. The van der Waals surface area contributed by atoms with Crippen LogP contribution in [0.2, 0.25) is 0 Å². The van der Waals surface area contributed by atoms with Gasteiger partial charge in [-0.3, -0.25) is 9.10 Å². The Bertz CT molecular complexity index is 1180. The average molecular weight is 483 g/mol. The van der Waals surface area contributed by atoms with Crippen molar-refractivity contribution in [2.75, 3.05) is 31.1 Å². The highest BCUT2D eigenvalue weighted by atomic mass is 32.2. The number of ether oxygens (including phenoxy) is 2. The molecule has 3 rings (SSSR count). The van der Waals surface area contributed by atoms with Gasteiger partial charge < -0.3 is 14.8 Å². The third-order valence-electron chi connectivity index (χ3n) is 5.20. The second-order valence-corrected chi connectivity index (χ2v) is 9.81. The standard InChI is InChI=1S/C26H30N2O5S/c1-20(2)21-12-14-22(15-13-21)28(34(30,31)25-10-5-4-6-11-25)19-26(29)27-16-17-33-24-9-7-8-23(18-24)32-3/h4-15,18,20H,16-17,19H2,1-3H3,(H,27,29). The van der Waals surface area contributed by atoms with Crippen molar-refractivity contribution in [3.63, 3.8) is 0 Å². The molecule has 1 amide bonds. The zero-order chi connectivity index (χ0) is 24.6. The number of benzene rings is 3. The van der Waals surface area contributed by atoms with Gasteiger partial charge in [0.1, 0.15) is 24.7 Å². The second-order valence-electron chi connectivity index (χ2n) is 7.95. The number of carbonyl (C=O) groups excluding carboxylic acids is 1. The Balaban J connectivity index is 1.70. The van der Waals surface area contributed by atoms with Crippen LogP contribution in [0.4, 0.5) is 5.69 Å². The summed E-state index contributed by atoms with van der Waals surface area (Å²) in [5.41, 5.74) is 1.51. The molecule has 0 saturated heterocycles. The summed E-state index contributed by atoms with van der Waals surface area (Å²) >= 11 is 0. The minimum atomic E-state index is -3.94. The Hall–Kier alpha value is -3.52. The fourth-order valence-corrected chi connectivity index (χ4v) is 4.74. The van der Waals surface area contributed by atoms with Gasteiger partial charge in [-0.15, -0.1) is 0 Å². The van der Waals surface area contributed by atoms with Gasteiger partial charge in [-0.2, -0.15) is 0 Å². The summed E-state index contributed by atoms with van der Waals surface area (Å²) in [5.74, 6) is 1.17. The molecule has 0 spiro atoms. The molecule has 1 N–H and O–H groups in total. The summed E-state index contributed by atoms with van der Waals surface area (Å²) in [4.78, 5) is 12.8. The van der Waals surface area contributed by atoms with Crippen LogP contribution in [-0.2, 0) is 14.8 Å². The van der Waals surface area contributed by atoms with Gasteiger partial charge in [0.05, 0.1) is 24.2 Å². The number of rotatable bonds is 11. The first-order chi connectivity index (χ1) is 16.3. The molecular weight excluding hydrogens is 452 g/mol. The molecule has 3 aromatic rings. The zero-order valence-electron chi connectivity index (χ0n) is 19.6. The molecule has 0 radical (unpaired) electrons. The monoisotopic (exact) mass is 482 g/mol. The highest BCUT2D eigenvalue weighted by molar-refractivity contribution is 7.92. The number of nitrogens with zero attached hydrogens (tertiary/aromatic N) is 1. The first-order valence-corrected chi connectivity index (χ1v) is 12.5. The van der Waals surface area contributed by atoms with Crippen LogP contribution in [0.1, 0.15) is 25.3 Å². The van der Waals surface area contributed by atoms with Crippen molar-refractivity contribution in [2.45, 2.75) is 24.7 Å². The molecule has 0 heterocycles.